The summed E-state index contributed by atoms with van der Waals surface area (Å²) in [6, 6.07) is 6.31. The van der Waals surface area contributed by atoms with E-state index in [-0.39, 0.29) is 6.04 Å². The summed E-state index contributed by atoms with van der Waals surface area (Å²) in [7, 11) is 3.69. The molecule has 3 heterocycles. The van der Waals surface area contributed by atoms with Crippen LogP contribution in [0.4, 0.5) is 23.3 Å². The van der Waals surface area contributed by atoms with Crippen LogP contribution in [-0.4, -0.2) is 60.1 Å². The molecular formula is C18H24N8O. The summed E-state index contributed by atoms with van der Waals surface area (Å²) in [4.78, 5) is 11.6. The van der Waals surface area contributed by atoms with E-state index in [0.29, 0.717) is 25.0 Å². The monoisotopic (exact) mass is 368 g/mol. The Morgan fingerprint density at radius 3 is 2.81 bits per heavy atom. The number of nitrogens with one attached hydrogen (secondary N) is 3. The van der Waals surface area contributed by atoms with Gasteiger partial charge in [0, 0.05) is 38.0 Å². The number of hydrogen-bond donors (Lipinski definition) is 4. The van der Waals surface area contributed by atoms with Gasteiger partial charge in [-0.05, 0) is 19.1 Å². The molecule has 0 saturated carbocycles. The van der Waals surface area contributed by atoms with E-state index in [2.05, 4.69) is 42.6 Å². The van der Waals surface area contributed by atoms with E-state index in [1.165, 1.54) is 0 Å². The lowest BCUT2D eigenvalue weighted by molar-refractivity contribution is 0.0985. The van der Waals surface area contributed by atoms with Crippen LogP contribution < -0.4 is 21.3 Å². The van der Waals surface area contributed by atoms with Crippen molar-refractivity contribution in [1.29, 1.82) is 0 Å². The lowest BCUT2D eigenvalue weighted by Crippen LogP contribution is -2.44. The second-order valence-electron chi connectivity index (χ2n) is 6.61. The van der Waals surface area contributed by atoms with Gasteiger partial charge >= 0.3 is 0 Å². The molecule has 1 aliphatic heterocycles. The van der Waals surface area contributed by atoms with Crippen molar-refractivity contribution in [3.05, 3.63) is 18.2 Å². The van der Waals surface area contributed by atoms with E-state index in [4.69, 9.17) is 10.5 Å². The van der Waals surface area contributed by atoms with Crippen LogP contribution in [0.5, 0.6) is 0 Å². The van der Waals surface area contributed by atoms with Crippen LogP contribution in [0.1, 0.15) is 6.92 Å². The predicted molar refractivity (Wildman–Crippen MR) is 108 cm³/mol. The molecule has 9 nitrogen and oxygen atoms in total. The predicted octanol–water partition coefficient (Wildman–Crippen LogP) is 1.91. The summed E-state index contributed by atoms with van der Waals surface area (Å²) >= 11 is 0. The van der Waals surface area contributed by atoms with E-state index < -0.39 is 0 Å². The van der Waals surface area contributed by atoms with E-state index in [0.717, 1.165) is 40.2 Å². The number of fused-ring (bicyclic) bond motifs is 1. The van der Waals surface area contributed by atoms with Crippen molar-refractivity contribution < 1.29 is 4.74 Å². The lowest BCUT2D eigenvalue weighted by atomic mass is 10.1. The Bertz CT molecular complexity index is 969. The van der Waals surface area contributed by atoms with Crippen molar-refractivity contribution in [3.63, 3.8) is 0 Å². The number of ether oxygens (including phenoxy) is 1. The maximum Gasteiger partial charge on any atom is 0.224 e. The molecular weight excluding hydrogens is 344 g/mol. The molecule has 3 aromatic rings. The van der Waals surface area contributed by atoms with Crippen LogP contribution in [0.25, 0.3) is 22.2 Å². The van der Waals surface area contributed by atoms with Gasteiger partial charge in [0.05, 0.1) is 35.9 Å². The van der Waals surface area contributed by atoms with Gasteiger partial charge in [0.1, 0.15) is 5.82 Å². The van der Waals surface area contributed by atoms with Crippen molar-refractivity contribution in [2.45, 2.75) is 13.0 Å². The SMILES string of the molecule is CNc1nc(-c2cc(NC)c3c(N)n[nH]c3c2)cc(N2CCOC[C@H]2C)n1. The summed E-state index contributed by atoms with van der Waals surface area (Å²) in [5.74, 6) is 1.94. The molecule has 0 amide bonds. The van der Waals surface area contributed by atoms with Crippen LogP contribution in [0, 0.1) is 0 Å². The lowest BCUT2D eigenvalue weighted by Gasteiger charge is -2.34. The minimum atomic E-state index is 0.258. The number of rotatable bonds is 4. The van der Waals surface area contributed by atoms with Gasteiger partial charge in [-0.3, -0.25) is 5.10 Å². The highest BCUT2D eigenvalue weighted by atomic mass is 16.5. The van der Waals surface area contributed by atoms with Gasteiger partial charge in [-0.25, -0.2) is 4.98 Å². The second-order valence-corrected chi connectivity index (χ2v) is 6.61. The smallest absolute Gasteiger partial charge is 0.224 e. The number of nitrogens with zero attached hydrogens (tertiary/aromatic N) is 4. The van der Waals surface area contributed by atoms with Gasteiger partial charge < -0.3 is 26.0 Å². The second kappa shape index (κ2) is 6.92. The molecule has 142 valence electrons. The average molecular weight is 368 g/mol. The quantitative estimate of drug-likeness (QED) is 0.552. The molecule has 0 aliphatic carbocycles. The first-order valence-electron chi connectivity index (χ1n) is 8.97. The molecule has 9 heteroatoms. The van der Waals surface area contributed by atoms with Crippen LogP contribution in [0.3, 0.4) is 0 Å². The van der Waals surface area contributed by atoms with Crippen molar-refractivity contribution in [2.75, 3.05) is 55.1 Å². The first kappa shape index (κ1) is 17.3. The van der Waals surface area contributed by atoms with Gasteiger partial charge in [0.25, 0.3) is 0 Å². The highest BCUT2D eigenvalue weighted by molar-refractivity contribution is 6.02. The molecule has 0 spiro atoms. The number of benzene rings is 1. The molecule has 1 saturated heterocycles. The van der Waals surface area contributed by atoms with Crippen molar-refractivity contribution in [3.8, 4) is 11.3 Å². The molecule has 4 rings (SSSR count). The topological polar surface area (TPSA) is 117 Å². The van der Waals surface area contributed by atoms with Gasteiger partial charge in [-0.2, -0.15) is 10.1 Å². The standard InChI is InChI=1S/C18H24N8O/c1-10-9-27-5-4-26(10)15-8-12(22-18(21-3)23-15)11-6-13(20-2)16-14(7-11)24-25-17(16)19/h6-8,10,20H,4-5,9H2,1-3H3,(H3,19,24,25)(H,21,22,23)/t10-/m1/s1. The highest BCUT2D eigenvalue weighted by Gasteiger charge is 2.22. The summed E-state index contributed by atoms with van der Waals surface area (Å²) in [5, 5.41) is 14.2. The third-order valence-corrected chi connectivity index (χ3v) is 4.85. The third kappa shape index (κ3) is 3.10. The first-order chi connectivity index (χ1) is 13.1. The maximum absolute atomic E-state index is 5.99. The number of morpholine rings is 1. The Morgan fingerprint density at radius 2 is 2.07 bits per heavy atom. The fourth-order valence-electron chi connectivity index (χ4n) is 3.44. The highest BCUT2D eigenvalue weighted by Crippen LogP contribution is 2.33. The molecule has 2 aromatic heterocycles. The number of aromatic nitrogens is 4. The van der Waals surface area contributed by atoms with Crippen molar-refractivity contribution in [2.24, 2.45) is 0 Å². The van der Waals surface area contributed by atoms with Crippen molar-refractivity contribution in [1.82, 2.24) is 20.2 Å². The van der Waals surface area contributed by atoms with Gasteiger partial charge in [0.2, 0.25) is 5.95 Å². The normalized spacial score (nSPS) is 17.3. The number of nitrogens with two attached hydrogens (primary N) is 1. The molecule has 27 heavy (non-hydrogen) atoms. The summed E-state index contributed by atoms with van der Waals surface area (Å²) < 4.78 is 5.55. The Kier molecular flexibility index (Phi) is 4.44. The molecule has 0 bridgehead atoms. The molecule has 1 fully saturated rings. The maximum atomic E-state index is 5.99. The fraction of sp³-hybridized carbons (Fsp3) is 0.389. The number of H-pyrrole nitrogens is 1. The number of nitrogen functional groups attached to an aromatic ring is 1. The van der Waals surface area contributed by atoms with Gasteiger partial charge in [0.15, 0.2) is 5.82 Å². The Morgan fingerprint density at radius 1 is 1.22 bits per heavy atom. The summed E-state index contributed by atoms with van der Waals surface area (Å²) in [5.41, 5.74) is 9.53. The van der Waals surface area contributed by atoms with Crippen LogP contribution in [0.2, 0.25) is 0 Å². The van der Waals surface area contributed by atoms with Gasteiger partial charge in [-0.15, -0.1) is 0 Å². The van der Waals surface area contributed by atoms with E-state index >= 15 is 0 Å². The molecule has 1 atom stereocenters. The molecule has 1 aromatic carbocycles. The Labute approximate surface area is 157 Å². The first-order valence-corrected chi connectivity index (χ1v) is 8.97. The molecule has 0 unspecified atom stereocenters. The fourth-order valence-corrected chi connectivity index (χ4v) is 3.44. The van der Waals surface area contributed by atoms with Crippen LogP contribution in [-0.2, 0) is 4.74 Å². The largest absolute Gasteiger partial charge is 0.387 e. The number of anilines is 4. The van der Waals surface area contributed by atoms with Crippen LogP contribution >= 0.6 is 0 Å². The minimum Gasteiger partial charge on any atom is -0.387 e. The zero-order chi connectivity index (χ0) is 19.0. The number of aromatic amines is 1. The van der Waals surface area contributed by atoms with E-state index in [9.17, 15) is 0 Å². The third-order valence-electron chi connectivity index (χ3n) is 4.85. The van der Waals surface area contributed by atoms with E-state index in [1.54, 1.807) is 0 Å². The van der Waals surface area contributed by atoms with Crippen LogP contribution in [0.15, 0.2) is 18.2 Å². The molecule has 0 radical (unpaired) electrons. The van der Waals surface area contributed by atoms with Crippen molar-refractivity contribution >= 4 is 34.2 Å². The van der Waals surface area contributed by atoms with E-state index in [1.807, 2.05) is 32.3 Å². The Balaban J connectivity index is 1.83. The number of hydrogen-bond acceptors (Lipinski definition) is 8. The summed E-state index contributed by atoms with van der Waals surface area (Å²) in [6.07, 6.45) is 0. The average Bonchev–Trinajstić information content (AvgIpc) is 3.08. The molecule has 1 aliphatic rings. The minimum absolute atomic E-state index is 0.258. The summed E-state index contributed by atoms with van der Waals surface area (Å²) in [6.45, 7) is 4.33. The zero-order valence-corrected chi connectivity index (χ0v) is 15.7. The molecule has 5 N–H and O–H groups in total. The van der Waals surface area contributed by atoms with Gasteiger partial charge in [-0.1, -0.05) is 0 Å². The Hall–Kier alpha value is -3.07. The zero-order valence-electron chi connectivity index (χ0n) is 15.7.